The van der Waals surface area contributed by atoms with E-state index in [4.69, 9.17) is 21.6 Å². The number of pyridine rings is 1. The Labute approximate surface area is 199 Å². The van der Waals surface area contributed by atoms with Crippen LogP contribution in [0, 0.1) is 11.3 Å². The maximum Gasteiger partial charge on any atom is 0.354 e. The number of hydrogen-bond donors (Lipinski definition) is 1. The third-order valence-electron chi connectivity index (χ3n) is 4.92. The third-order valence-corrected chi connectivity index (χ3v) is 5.17. The molecule has 170 valence electrons. The highest BCUT2D eigenvalue weighted by atomic mass is 35.5. The van der Waals surface area contributed by atoms with Crippen molar-refractivity contribution in [2.24, 2.45) is 7.05 Å². The number of halogens is 1. The van der Waals surface area contributed by atoms with Crippen molar-refractivity contribution in [2.45, 2.75) is 13.0 Å². The van der Waals surface area contributed by atoms with Gasteiger partial charge in [0.05, 0.1) is 6.54 Å². The molecule has 2 heterocycles. The highest BCUT2D eigenvalue weighted by Crippen LogP contribution is 2.17. The summed E-state index contributed by atoms with van der Waals surface area (Å²) in [5.74, 6) is 0.953. The van der Waals surface area contributed by atoms with Crippen LogP contribution in [0.5, 0.6) is 5.88 Å². The maximum atomic E-state index is 12.8. The first-order valence-electron chi connectivity index (χ1n) is 10.3. The Balaban J connectivity index is 1.56. The lowest BCUT2D eigenvalue weighted by atomic mass is 10.2. The van der Waals surface area contributed by atoms with Gasteiger partial charge in [0.25, 0.3) is 0 Å². The fraction of sp³-hybridized carbons (Fsp3) is 0.125. The molecule has 0 aliphatic heterocycles. The zero-order valence-corrected chi connectivity index (χ0v) is 18.9. The molecule has 0 unspecified atom stereocenters. The molecular weight excluding hydrogens is 456 g/mol. The lowest BCUT2D eigenvalue weighted by Gasteiger charge is -2.14. The van der Waals surface area contributed by atoms with E-state index in [-0.39, 0.29) is 18.2 Å². The van der Waals surface area contributed by atoms with Gasteiger partial charge in [0, 0.05) is 23.8 Å². The average molecular weight is 475 g/mol. The number of ether oxygens (including phenoxy) is 1. The summed E-state index contributed by atoms with van der Waals surface area (Å²) in [7, 11) is 1.38. The van der Waals surface area contributed by atoms with Gasteiger partial charge >= 0.3 is 11.4 Å². The number of nitrogens with zero attached hydrogens (tertiary/aromatic N) is 5. The van der Waals surface area contributed by atoms with Crippen molar-refractivity contribution in [1.82, 2.24) is 19.1 Å². The van der Waals surface area contributed by atoms with E-state index in [1.165, 1.54) is 11.6 Å². The van der Waals surface area contributed by atoms with E-state index in [0.29, 0.717) is 28.8 Å². The number of nitrogens with one attached hydrogen (secondary N) is 1. The van der Waals surface area contributed by atoms with Gasteiger partial charge in [0.15, 0.2) is 0 Å². The molecule has 4 rings (SSSR count). The van der Waals surface area contributed by atoms with Crippen molar-refractivity contribution < 1.29 is 4.74 Å². The third kappa shape index (κ3) is 5.31. The minimum absolute atomic E-state index is 0.117. The number of benzene rings is 1. The van der Waals surface area contributed by atoms with Crippen molar-refractivity contribution in [3.8, 4) is 11.9 Å². The van der Waals surface area contributed by atoms with Crippen LogP contribution in [0.15, 0.2) is 87.8 Å². The summed E-state index contributed by atoms with van der Waals surface area (Å²) >= 11 is 5.96. The Morgan fingerprint density at radius 1 is 1.12 bits per heavy atom. The van der Waals surface area contributed by atoms with Crippen LogP contribution in [0.2, 0.25) is 5.02 Å². The molecule has 0 fully saturated rings. The summed E-state index contributed by atoms with van der Waals surface area (Å²) in [4.78, 5) is 33.2. The van der Waals surface area contributed by atoms with Gasteiger partial charge in [-0.05, 0) is 48.4 Å². The zero-order valence-electron chi connectivity index (χ0n) is 18.1. The van der Waals surface area contributed by atoms with Gasteiger partial charge in [-0.3, -0.25) is 4.57 Å². The Morgan fingerprint density at radius 3 is 2.68 bits per heavy atom. The van der Waals surface area contributed by atoms with Crippen LogP contribution in [0.4, 0.5) is 5.95 Å². The summed E-state index contributed by atoms with van der Waals surface area (Å²) < 4.78 is 8.09. The summed E-state index contributed by atoms with van der Waals surface area (Å²) in [5.41, 5.74) is 0.542. The van der Waals surface area contributed by atoms with Crippen molar-refractivity contribution in [3.63, 3.8) is 0 Å². The number of hydrogen-bond acceptors (Lipinski definition) is 7. The highest BCUT2D eigenvalue weighted by Gasteiger charge is 2.13. The predicted molar refractivity (Wildman–Crippen MR) is 127 cm³/mol. The molecule has 10 heteroatoms. The number of anilines is 1. The number of allylic oxidation sites excluding steroid dienone is 4. The van der Waals surface area contributed by atoms with Crippen molar-refractivity contribution >= 4 is 17.5 Å². The first kappa shape index (κ1) is 22.8. The highest BCUT2D eigenvalue weighted by molar-refractivity contribution is 6.30. The average Bonchev–Trinajstić information content (AvgIpc) is 3.06. The van der Waals surface area contributed by atoms with Crippen LogP contribution in [-0.4, -0.2) is 19.1 Å². The first-order valence-corrected chi connectivity index (χ1v) is 10.6. The standard InChI is InChI=1S/C24H19ClN6O3/c1-30-23(32)29-22(31(24(30)33)15-16-8-10-17(25)11-9-16)28-18-4-2-6-20(13-12-18)34-21-7-3-5-19(14-26)27-21/h3-13H,2,15H2,1H3,(H,28,29,32). The fourth-order valence-corrected chi connectivity index (χ4v) is 3.28. The molecule has 0 bridgehead atoms. The second kappa shape index (κ2) is 10.0. The van der Waals surface area contributed by atoms with Gasteiger partial charge in [0.1, 0.15) is 17.5 Å². The zero-order chi connectivity index (χ0) is 24.1. The van der Waals surface area contributed by atoms with Crippen LogP contribution < -0.4 is 21.4 Å². The molecule has 0 saturated carbocycles. The largest absolute Gasteiger partial charge is 0.439 e. The monoisotopic (exact) mass is 474 g/mol. The van der Waals surface area contributed by atoms with E-state index < -0.39 is 11.4 Å². The molecule has 1 aliphatic carbocycles. The summed E-state index contributed by atoms with van der Waals surface area (Å²) in [6, 6.07) is 14.0. The van der Waals surface area contributed by atoms with Crippen LogP contribution in [0.25, 0.3) is 0 Å². The van der Waals surface area contributed by atoms with Gasteiger partial charge in [-0.25, -0.2) is 19.1 Å². The summed E-state index contributed by atoms with van der Waals surface area (Å²) in [5, 5.41) is 12.7. The maximum absolute atomic E-state index is 12.8. The van der Waals surface area contributed by atoms with Gasteiger partial charge in [-0.15, -0.1) is 0 Å². The SMILES string of the molecule is Cn1c(=O)nc(NC2=CCC=C(Oc3cccc(C#N)n3)C=C2)n(Cc2ccc(Cl)cc2)c1=O. The molecule has 34 heavy (non-hydrogen) atoms. The normalized spacial score (nSPS) is 12.9. The fourth-order valence-electron chi connectivity index (χ4n) is 3.15. The molecule has 9 nitrogen and oxygen atoms in total. The van der Waals surface area contributed by atoms with E-state index in [0.717, 1.165) is 10.1 Å². The molecule has 2 aromatic heterocycles. The molecule has 0 spiro atoms. The minimum Gasteiger partial charge on any atom is -0.439 e. The van der Waals surface area contributed by atoms with Gasteiger partial charge in [-0.2, -0.15) is 10.2 Å². The summed E-state index contributed by atoms with van der Waals surface area (Å²) in [6.07, 6.45) is 7.67. The van der Waals surface area contributed by atoms with Crippen LogP contribution in [0.1, 0.15) is 17.7 Å². The minimum atomic E-state index is -0.663. The van der Waals surface area contributed by atoms with Gasteiger partial charge in [0.2, 0.25) is 11.8 Å². The number of aromatic nitrogens is 4. The lowest BCUT2D eigenvalue weighted by Crippen LogP contribution is -2.41. The molecule has 1 N–H and O–H groups in total. The Kier molecular flexibility index (Phi) is 6.71. The molecule has 1 aliphatic rings. The van der Waals surface area contributed by atoms with E-state index >= 15 is 0 Å². The number of nitriles is 1. The van der Waals surface area contributed by atoms with Gasteiger partial charge < -0.3 is 10.1 Å². The number of rotatable bonds is 6. The van der Waals surface area contributed by atoms with Crippen LogP contribution >= 0.6 is 11.6 Å². The molecule has 0 amide bonds. The van der Waals surface area contributed by atoms with E-state index in [9.17, 15) is 9.59 Å². The molecule has 1 aromatic carbocycles. The van der Waals surface area contributed by atoms with Crippen molar-refractivity contribution in [3.05, 3.63) is 115 Å². The molecule has 3 aromatic rings. The van der Waals surface area contributed by atoms with E-state index in [1.54, 1.807) is 54.6 Å². The van der Waals surface area contributed by atoms with Crippen molar-refractivity contribution in [1.29, 1.82) is 5.26 Å². The molecule has 0 saturated heterocycles. The molecule has 0 atom stereocenters. The Bertz CT molecular complexity index is 1480. The second-order valence-corrected chi connectivity index (χ2v) is 7.74. The Morgan fingerprint density at radius 2 is 1.91 bits per heavy atom. The summed E-state index contributed by atoms with van der Waals surface area (Å²) in [6.45, 7) is 0.198. The van der Waals surface area contributed by atoms with E-state index in [1.807, 2.05) is 18.2 Å². The quantitative estimate of drug-likeness (QED) is 0.583. The second-order valence-electron chi connectivity index (χ2n) is 7.31. The predicted octanol–water partition coefficient (Wildman–Crippen LogP) is 3.13. The van der Waals surface area contributed by atoms with Gasteiger partial charge in [-0.1, -0.05) is 35.9 Å². The van der Waals surface area contributed by atoms with Crippen molar-refractivity contribution in [2.75, 3.05) is 5.32 Å². The smallest absolute Gasteiger partial charge is 0.354 e. The molecule has 0 radical (unpaired) electrons. The molecular formula is C24H19ClN6O3. The van der Waals surface area contributed by atoms with E-state index in [2.05, 4.69) is 15.3 Å². The first-order chi connectivity index (χ1) is 16.4. The topological polar surface area (TPSA) is 115 Å². The lowest BCUT2D eigenvalue weighted by molar-refractivity contribution is 0.424. The van der Waals surface area contributed by atoms with Crippen LogP contribution in [0.3, 0.4) is 0 Å². The Hall–Kier alpha value is -4.42. The van der Waals surface area contributed by atoms with Crippen LogP contribution in [-0.2, 0) is 13.6 Å².